The van der Waals surface area contributed by atoms with Crippen molar-refractivity contribution in [2.24, 2.45) is 0 Å². The van der Waals surface area contributed by atoms with Crippen molar-refractivity contribution in [3.05, 3.63) is 94.6 Å². The van der Waals surface area contributed by atoms with Crippen molar-refractivity contribution < 1.29 is 21.8 Å². The van der Waals surface area contributed by atoms with E-state index in [1.54, 1.807) is 36.4 Å². The number of anilines is 1. The molecule has 0 aromatic heterocycles. The molecule has 3 aromatic rings. The molecule has 0 unspecified atom stereocenters. The predicted molar refractivity (Wildman–Crippen MR) is 127 cm³/mol. The summed E-state index contributed by atoms with van der Waals surface area (Å²) in [6.45, 7) is 1.86. The largest absolute Gasteiger partial charge is 0.379 e. The predicted octanol–water partition coefficient (Wildman–Crippen LogP) is 5.31. The molecule has 1 heterocycles. The minimum atomic E-state index is -4.01. The Morgan fingerprint density at radius 3 is 2.47 bits per heavy atom. The van der Waals surface area contributed by atoms with Gasteiger partial charge in [-0.15, -0.1) is 0 Å². The zero-order chi connectivity index (χ0) is 22.9. The molecule has 0 saturated carbocycles. The van der Waals surface area contributed by atoms with Crippen LogP contribution in [0.5, 0.6) is 5.75 Å². The molecule has 0 N–H and O–H groups in total. The highest BCUT2D eigenvalue weighted by Gasteiger charge is 2.34. The Labute approximate surface area is 194 Å². The molecule has 9 heteroatoms. The van der Waals surface area contributed by atoms with E-state index in [-0.39, 0.29) is 25.6 Å². The Kier molecular flexibility index (Phi) is 6.14. The maximum Gasteiger partial charge on any atom is 0.339 e. The van der Waals surface area contributed by atoms with Crippen LogP contribution in [0, 0.1) is 12.7 Å². The Hall–Kier alpha value is -3.01. The standard InChI is InChI=1S/C23H16FNO4S3/c1-15-9-11-18(12-10-15)32(27,28)29-17-6-4-5-16(13-17)14-21-22(26)25(23(30)31-21)20-8-3-2-7-19(20)24/h2-14H,1H3. The van der Waals surface area contributed by atoms with Gasteiger partial charge in [0.05, 0.1) is 10.6 Å². The number of aryl methyl sites for hydroxylation is 1. The summed E-state index contributed by atoms with van der Waals surface area (Å²) in [5.74, 6) is -0.908. The number of nitrogens with zero attached hydrogens (tertiary/aromatic N) is 1. The molecule has 3 aromatic carbocycles. The second-order valence-corrected chi connectivity index (χ2v) is 10.1. The molecule has 0 radical (unpaired) electrons. The molecular formula is C23H16FNO4S3. The molecule has 0 atom stereocenters. The summed E-state index contributed by atoms with van der Waals surface area (Å²) in [5.41, 5.74) is 1.55. The van der Waals surface area contributed by atoms with Gasteiger partial charge in [-0.05, 0) is 55.0 Å². The van der Waals surface area contributed by atoms with Gasteiger partial charge in [0.15, 0.2) is 4.32 Å². The number of thiocarbonyl (C=S) groups is 1. The van der Waals surface area contributed by atoms with Crippen LogP contribution in [0.4, 0.5) is 10.1 Å². The number of thioether (sulfide) groups is 1. The average molecular weight is 486 g/mol. The minimum Gasteiger partial charge on any atom is -0.379 e. The van der Waals surface area contributed by atoms with Crippen LogP contribution in [-0.4, -0.2) is 18.6 Å². The van der Waals surface area contributed by atoms with E-state index < -0.39 is 21.8 Å². The van der Waals surface area contributed by atoms with Gasteiger partial charge < -0.3 is 4.18 Å². The monoisotopic (exact) mass is 485 g/mol. The molecule has 0 aliphatic carbocycles. The average Bonchev–Trinajstić information content (AvgIpc) is 3.01. The second kappa shape index (κ2) is 8.85. The third-order valence-electron chi connectivity index (χ3n) is 4.56. The Morgan fingerprint density at radius 1 is 1.03 bits per heavy atom. The summed E-state index contributed by atoms with van der Waals surface area (Å²) < 4.78 is 44.7. The van der Waals surface area contributed by atoms with Crippen molar-refractivity contribution >= 4 is 56.1 Å². The lowest BCUT2D eigenvalue weighted by molar-refractivity contribution is -0.113. The molecule has 0 bridgehead atoms. The van der Waals surface area contributed by atoms with Gasteiger partial charge in [-0.25, -0.2) is 4.39 Å². The van der Waals surface area contributed by atoms with Gasteiger partial charge in [-0.1, -0.05) is 65.9 Å². The fourth-order valence-corrected chi connectivity index (χ4v) is 5.20. The SMILES string of the molecule is Cc1ccc(S(=O)(=O)Oc2cccc(C=C3SC(=S)N(c4ccccc4F)C3=O)c2)cc1. The van der Waals surface area contributed by atoms with Gasteiger partial charge in [0.1, 0.15) is 16.5 Å². The summed E-state index contributed by atoms with van der Waals surface area (Å²) in [6.07, 6.45) is 1.56. The Morgan fingerprint density at radius 2 is 1.75 bits per heavy atom. The molecule has 1 saturated heterocycles. The van der Waals surface area contributed by atoms with E-state index in [9.17, 15) is 17.6 Å². The van der Waals surface area contributed by atoms with E-state index in [1.807, 2.05) is 6.92 Å². The highest BCUT2D eigenvalue weighted by atomic mass is 32.2. The van der Waals surface area contributed by atoms with Crippen LogP contribution in [-0.2, 0) is 14.9 Å². The van der Waals surface area contributed by atoms with E-state index in [0.29, 0.717) is 5.56 Å². The molecular weight excluding hydrogens is 469 g/mol. The first-order valence-electron chi connectivity index (χ1n) is 9.38. The third-order valence-corrected chi connectivity index (χ3v) is 7.12. The molecule has 1 aliphatic heterocycles. The van der Waals surface area contributed by atoms with Crippen molar-refractivity contribution in [3.63, 3.8) is 0 Å². The van der Waals surface area contributed by atoms with Crippen molar-refractivity contribution in [1.82, 2.24) is 0 Å². The van der Waals surface area contributed by atoms with E-state index >= 15 is 0 Å². The highest BCUT2D eigenvalue weighted by molar-refractivity contribution is 8.27. The van der Waals surface area contributed by atoms with Crippen LogP contribution in [0.1, 0.15) is 11.1 Å². The maximum atomic E-state index is 14.2. The van der Waals surface area contributed by atoms with Crippen LogP contribution in [0.15, 0.2) is 82.6 Å². The first kappa shape index (κ1) is 22.2. The molecule has 4 rings (SSSR count). The normalized spacial score (nSPS) is 15.4. The van der Waals surface area contributed by atoms with Crippen LogP contribution in [0.2, 0.25) is 0 Å². The van der Waals surface area contributed by atoms with Crippen LogP contribution < -0.4 is 9.08 Å². The van der Waals surface area contributed by atoms with Crippen LogP contribution >= 0.6 is 24.0 Å². The van der Waals surface area contributed by atoms with E-state index in [4.69, 9.17) is 16.4 Å². The van der Waals surface area contributed by atoms with Gasteiger partial charge in [0.25, 0.3) is 5.91 Å². The molecule has 1 aliphatic rings. The van der Waals surface area contributed by atoms with Gasteiger partial charge in [0, 0.05) is 0 Å². The fourth-order valence-electron chi connectivity index (χ4n) is 3.00. The smallest absolute Gasteiger partial charge is 0.339 e. The summed E-state index contributed by atoms with van der Waals surface area (Å²) in [4.78, 5) is 14.3. The third kappa shape index (κ3) is 4.59. The number of carbonyl (C=O) groups excluding carboxylic acids is 1. The van der Waals surface area contributed by atoms with Gasteiger partial charge >= 0.3 is 10.1 Å². The summed E-state index contributed by atoms with van der Waals surface area (Å²) in [5, 5.41) is 0. The van der Waals surface area contributed by atoms with E-state index in [1.165, 1.54) is 42.5 Å². The summed E-state index contributed by atoms with van der Waals surface area (Å²) in [6, 6.07) is 18.5. The van der Waals surface area contributed by atoms with Crippen LogP contribution in [0.3, 0.4) is 0 Å². The van der Waals surface area contributed by atoms with Gasteiger partial charge in [0.2, 0.25) is 0 Å². The summed E-state index contributed by atoms with van der Waals surface area (Å²) in [7, 11) is -4.01. The number of rotatable bonds is 5. The lowest BCUT2D eigenvalue weighted by Gasteiger charge is -2.14. The number of amides is 1. The molecule has 1 fully saturated rings. The molecule has 0 spiro atoms. The molecule has 162 valence electrons. The Bertz CT molecular complexity index is 1350. The summed E-state index contributed by atoms with van der Waals surface area (Å²) >= 11 is 6.31. The lowest BCUT2D eigenvalue weighted by atomic mass is 10.2. The number of para-hydroxylation sites is 1. The second-order valence-electron chi connectivity index (χ2n) is 6.89. The number of hydrogen-bond acceptors (Lipinski definition) is 6. The van der Waals surface area contributed by atoms with Crippen molar-refractivity contribution in [2.75, 3.05) is 4.90 Å². The molecule has 32 heavy (non-hydrogen) atoms. The lowest BCUT2D eigenvalue weighted by Crippen LogP contribution is -2.28. The van der Waals surface area contributed by atoms with Crippen molar-refractivity contribution in [2.45, 2.75) is 11.8 Å². The molecule has 1 amide bonds. The Balaban J connectivity index is 1.59. The first-order valence-corrected chi connectivity index (χ1v) is 12.0. The van der Waals surface area contributed by atoms with Crippen LogP contribution in [0.25, 0.3) is 6.08 Å². The highest BCUT2D eigenvalue weighted by Crippen LogP contribution is 2.37. The first-order chi connectivity index (χ1) is 15.2. The zero-order valence-corrected chi connectivity index (χ0v) is 19.1. The number of halogens is 1. The van der Waals surface area contributed by atoms with E-state index in [2.05, 4.69) is 0 Å². The fraction of sp³-hybridized carbons (Fsp3) is 0.0435. The molecule has 5 nitrogen and oxygen atoms in total. The zero-order valence-electron chi connectivity index (χ0n) is 16.7. The van der Waals surface area contributed by atoms with Crippen molar-refractivity contribution in [1.29, 1.82) is 0 Å². The van der Waals surface area contributed by atoms with E-state index in [0.717, 1.165) is 22.2 Å². The van der Waals surface area contributed by atoms with Gasteiger partial charge in [-0.3, -0.25) is 9.69 Å². The minimum absolute atomic E-state index is 0.0410. The number of benzene rings is 3. The maximum absolute atomic E-state index is 14.2. The van der Waals surface area contributed by atoms with Crippen molar-refractivity contribution in [3.8, 4) is 5.75 Å². The number of hydrogen-bond donors (Lipinski definition) is 0. The van der Waals surface area contributed by atoms with Gasteiger partial charge in [-0.2, -0.15) is 8.42 Å². The topological polar surface area (TPSA) is 63.7 Å². The number of carbonyl (C=O) groups is 1. The quantitative estimate of drug-likeness (QED) is 0.277.